The van der Waals surface area contributed by atoms with E-state index < -0.39 is 47.8 Å². The molecule has 0 radical (unpaired) electrons. The van der Waals surface area contributed by atoms with E-state index in [1.807, 2.05) is 19.6 Å². The highest BCUT2D eigenvalue weighted by Crippen LogP contribution is 2.59. The van der Waals surface area contributed by atoms with Crippen LogP contribution in [-0.4, -0.2) is 143 Å². The summed E-state index contributed by atoms with van der Waals surface area (Å²) in [6, 6.07) is 5.86. The van der Waals surface area contributed by atoms with E-state index in [-0.39, 0.29) is 147 Å². The highest BCUT2D eigenvalue weighted by molar-refractivity contribution is 5.83. The summed E-state index contributed by atoms with van der Waals surface area (Å²) < 4.78 is 28.6. The number of ether oxygens (including phenoxy) is 4. The van der Waals surface area contributed by atoms with Crippen molar-refractivity contribution in [3.8, 4) is 46.0 Å². The maximum Gasteiger partial charge on any atom is 0.237 e. The maximum atomic E-state index is 14.1. The van der Waals surface area contributed by atoms with Gasteiger partial charge in [0.05, 0.1) is 46.4 Å². The SMILES string of the molecule is CNC(=O)[C@H](CC(C)C)N1COc2c3cc(c(O)c2C1)[C@@H](CC(C)C)c1cc(c(O)c2c1OCN([C@@H](CC(C)C)C(=O)NC)C2)[C@@H](CC(C)C)c1cc(c(O)c2c1OCN([C@@H](CC(C)C)C(=O)NC)C2)[C@@H](CC(C)C)c1cc(c(O)c2c1OCN([C@@H](CC(C)C)C(=O)NC)C2)[C@H]3CC(C)C. The Bertz CT molecular complexity index is 3140. The van der Waals surface area contributed by atoms with Gasteiger partial charge in [-0.25, -0.2) is 0 Å². The summed E-state index contributed by atoms with van der Waals surface area (Å²) in [5.74, 6) is -0.939. The number of likely N-dealkylation sites (N-methyl/N-ethyl adjacent to an activating group) is 4. The largest absolute Gasteiger partial charge is 0.507 e. The van der Waals surface area contributed by atoms with Gasteiger partial charge in [-0.3, -0.25) is 38.8 Å². The molecule has 20 heteroatoms. The van der Waals surface area contributed by atoms with Crippen molar-refractivity contribution in [2.75, 3.05) is 55.1 Å². The molecule has 9 rings (SSSR count). The highest BCUT2D eigenvalue weighted by Gasteiger charge is 2.45. The molecule has 0 saturated carbocycles. The summed E-state index contributed by atoms with van der Waals surface area (Å²) in [5, 5.41) is 66.9. The Balaban J connectivity index is 1.50. The highest BCUT2D eigenvalue weighted by atomic mass is 16.5. The predicted octanol–water partition coefficient (Wildman–Crippen LogP) is 12.8. The fourth-order valence-electron chi connectivity index (χ4n) is 16.5. The van der Waals surface area contributed by atoms with Crippen molar-refractivity contribution in [2.45, 2.75) is 236 Å². The van der Waals surface area contributed by atoms with Gasteiger partial charge in [-0.2, -0.15) is 0 Å². The van der Waals surface area contributed by atoms with Gasteiger partial charge >= 0.3 is 0 Å². The maximum absolute atomic E-state index is 14.1. The number of benzene rings is 4. The number of nitrogens with zero attached hydrogens (tertiary/aromatic N) is 4. The summed E-state index contributed by atoms with van der Waals surface area (Å²) in [4.78, 5) is 64.5. The number of carbonyl (C=O) groups is 4. The number of aromatic hydroxyl groups is 4. The number of nitrogens with one attached hydrogen (secondary N) is 4. The minimum Gasteiger partial charge on any atom is -0.507 e. The van der Waals surface area contributed by atoms with Crippen LogP contribution in [0.25, 0.3) is 0 Å². The molecule has 20 nitrogen and oxygen atoms in total. The Morgan fingerprint density at radius 1 is 0.330 bits per heavy atom. The number of carbonyl (C=O) groups excluding carboxylic acids is 4. The Morgan fingerprint density at radius 2 is 0.510 bits per heavy atom. The van der Waals surface area contributed by atoms with E-state index in [2.05, 4.69) is 156 Å². The summed E-state index contributed by atoms with van der Waals surface area (Å²) in [5.41, 5.74) is 7.18. The number of amides is 4. The molecule has 0 spiro atoms. The van der Waals surface area contributed by atoms with Crippen LogP contribution in [0.4, 0.5) is 0 Å². The van der Waals surface area contributed by atoms with Crippen molar-refractivity contribution in [3.05, 3.63) is 91.0 Å². The number of rotatable bonds is 24. The molecule has 4 aliphatic heterocycles. The van der Waals surface area contributed by atoms with Crippen molar-refractivity contribution in [1.29, 1.82) is 0 Å². The standard InChI is InChI=1S/C80H120N8O12/c1-41(2)21-49-53-29-58(74-61(69(53)89)33-85(38-98-74)65(25-45(9)10)77(93)81-17)51(23-43(5)6)55-31-60(76-63(71(55)91)35-87(40-100-76)67(27-47(13)14)79(95)83-19)52(24-44(7)8)56-32-59(75-64(72(56)92)36-88(39-99-75)68(28-48(15)16)80(96)84-20)50(22-42(3)4)54-30-57(49)73-62(70(54)90)34-86(37-97-73)66(26-46(11)12)78(94)82-18/h29-32,41-52,65-68,89-92H,21-28,33-40H2,1-20H3,(H,81,93)(H,82,94)(H,83,95)(H,84,96)/t49-,50-,51-,52-,65+,66+,67+,68+/m1/s1. The first-order chi connectivity index (χ1) is 47.3. The smallest absolute Gasteiger partial charge is 0.237 e. The minimum atomic E-state index is -0.647. The van der Waals surface area contributed by atoms with Crippen LogP contribution in [0.1, 0.15) is 253 Å². The third-order valence-corrected chi connectivity index (χ3v) is 21.1. The van der Waals surface area contributed by atoms with Crippen LogP contribution >= 0.6 is 0 Å². The van der Waals surface area contributed by atoms with Crippen molar-refractivity contribution >= 4 is 23.6 Å². The molecule has 4 amide bonds. The molecule has 0 aromatic heterocycles. The lowest BCUT2D eigenvalue weighted by atomic mass is 9.73. The molecule has 552 valence electrons. The van der Waals surface area contributed by atoms with Crippen molar-refractivity contribution in [2.24, 2.45) is 47.3 Å². The van der Waals surface area contributed by atoms with Crippen LogP contribution in [0.3, 0.4) is 0 Å². The van der Waals surface area contributed by atoms with Gasteiger partial charge in [-0.15, -0.1) is 0 Å². The lowest BCUT2D eigenvalue weighted by molar-refractivity contribution is -0.129. The van der Waals surface area contributed by atoms with Gasteiger partial charge in [0.25, 0.3) is 0 Å². The zero-order valence-corrected chi connectivity index (χ0v) is 63.7. The molecule has 5 aliphatic rings. The molecule has 8 N–H and O–H groups in total. The molecule has 4 aromatic rings. The number of phenols is 4. The molecule has 4 aromatic carbocycles. The summed E-state index contributed by atoms with van der Waals surface area (Å²) in [7, 11) is 6.56. The number of phenolic OH excluding ortho intramolecular Hbond substituents is 4. The van der Waals surface area contributed by atoms with E-state index in [9.17, 15) is 39.6 Å². The Labute approximate surface area is 596 Å². The predicted molar refractivity (Wildman–Crippen MR) is 391 cm³/mol. The van der Waals surface area contributed by atoms with Crippen LogP contribution in [0.15, 0.2) is 24.3 Å². The molecule has 100 heavy (non-hydrogen) atoms. The van der Waals surface area contributed by atoms with Gasteiger partial charge in [0.15, 0.2) is 0 Å². The van der Waals surface area contributed by atoms with Gasteiger partial charge in [0.1, 0.15) is 72.9 Å². The molecule has 0 saturated heterocycles. The zero-order valence-electron chi connectivity index (χ0n) is 63.7. The second-order valence-corrected chi connectivity index (χ2v) is 32.7. The fraction of sp³-hybridized carbons (Fsp3) is 0.650. The Morgan fingerprint density at radius 3 is 0.660 bits per heavy atom. The summed E-state index contributed by atoms with van der Waals surface area (Å²) >= 11 is 0. The van der Waals surface area contributed by atoms with Gasteiger partial charge in [0.2, 0.25) is 23.6 Å². The van der Waals surface area contributed by atoms with E-state index in [4.69, 9.17) is 18.9 Å². The van der Waals surface area contributed by atoms with E-state index in [0.29, 0.717) is 119 Å². The molecule has 8 bridgehead atoms. The first kappa shape index (κ1) is 77.2. The van der Waals surface area contributed by atoms with Crippen molar-refractivity contribution in [1.82, 2.24) is 40.9 Å². The first-order valence-corrected chi connectivity index (χ1v) is 37.2. The Kier molecular flexibility index (Phi) is 25.1. The number of fused-ring (bicyclic) bond motifs is 16. The molecule has 0 fully saturated rings. The molecular weight excluding hydrogens is 1260 g/mol. The van der Waals surface area contributed by atoms with Gasteiger partial charge < -0.3 is 60.6 Å². The fourth-order valence-corrected chi connectivity index (χ4v) is 16.5. The lowest BCUT2D eigenvalue weighted by Crippen LogP contribution is -2.49. The topological polar surface area (TPSA) is 247 Å². The lowest BCUT2D eigenvalue weighted by Gasteiger charge is -2.41. The third kappa shape index (κ3) is 16.2. The van der Waals surface area contributed by atoms with Crippen LogP contribution in [0.5, 0.6) is 46.0 Å². The number of hydrogen-bond acceptors (Lipinski definition) is 16. The second-order valence-electron chi connectivity index (χ2n) is 32.7. The van der Waals surface area contributed by atoms with E-state index >= 15 is 0 Å². The van der Waals surface area contributed by atoms with Gasteiger partial charge in [-0.1, -0.05) is 111 Å². The quantitative estimate of drug-likeness (QED) is 0.0325. The minimum absolute atomic E-state index is 0.000199. The molecule has 8 atom stereocenters. The van der Waals surface area contributed by atoms with E-state index in [1.54, 1.807) is 28.2 Å². The van der Waals surface area contributed by atoms with Gasteiger partial charge in [-0.05, 0) is 123 Å². The van der Waals surface area contributed by atoms with Crippen LogP contribution in [0.2, 0.25) is 0 Å². The van der Waals surface area contributed by atoms with Crippen molar-refractivity contribution < 1.29 is 58.6 Å². The summed E-state index contributed by atoms with van der Waals surface area (Å²) in [6.07, 6.45) is 3.99. The monoisotopic (exact) mass is 1380 g/mol. The summed E-state index contributed by atoms with van der Waals surface area (Å²) in [6.45, 7) is 34.6. The van der Waals surface area contributed by atoms with Gasteiger partial charge in [0, 0.05) is 123 Å². The molecule has 1 aliphatic carbocycles. The van der Waals surface area contributed by atoms with E-state index in [1.165, 1.54) is 0 Å². The number of hydrogen-bond donors (Lipinski definition) is 8. The third-order valence-electron chi connectivity index (χ3n) is 21.1. The van der Waals surface area contributed by atoms with E-state index in [0.717, 1.165) is 22.3 Å². The first-order valence-electron chi connectivity index (χ1n) is 37.2. The molecular formula is C80H120N8O12. The average molecular weight is 1390 g/mol. The normalized spacial score (nSPS) is 20.0. The average Bonchev–Trinajstić information content (AvgIpc) is 0.728. The van der Waals surface area contributed by atoms with Crippen LogP contribution < -0.4 is 40.2 Å². The van der Waals surface area contributed by atoms with Crippen LogP contribution in [0, 0.1) is 47.3 Å². The zero-order chi connectivity index (χ0) is 73.2. The van der Waals surface area contributed by atoms with Crippen molar-refractivity contribution in [3.63, 3.8) is 0 Å². The second kappa shape index (κ2) is 32.5. The molecule has 0 unspecified atom stereocenters. The molecule has 4 heterocycles. The van der Waals surface area contributed by atoms with Crippen LogP contribution in [-0.2, 0) is 45.4 Å². The Hall–Kier alpha value is -7.00.